The van der Waals surface area contributed by atoms with Crippen molar-refractivity contribution in [3.8, 4) is 0 Å². The number of aliphatic carboxylic acids is 3. The number of hydrogen-bond donors (Lipinski definition) is 9. The molecular formula is C101H143ClIKN18O19S5. The molecule has 12 rings (SSSR count). The van der Waals surface area contributed by atoms with Crippen molar-refractivity contribution in [2.75, 3.05) is 126 Å². The first-order chi connectivity index (χ1) is 68.8. The summed E-state index contributed by atoms with van der Waals surface area (Å²) in [7, 11) is 5.05. The summed E-state index contributed by atoms with van der Waals surface area (Å²) in [6.45, 7) is 26.7. The number of aromatic nitrogens is 5. The minimum Gasteiger partial charge on any atom is -0.548 e. The van der Waals surface area contributed by atoms with Gasteiger partial charge in [-0.05, 0) is 99.8 Å². The van der Waals surface area contributed by atoms with Crippen molar-refractivity contribution in [2.45, 2.75) is 212 Å². The predicted molar refractivity (Wildman–Crippen MR) is 573 cm³/mol. The molecule has 4 aromatic carbocycles. The molecule has 0 aliphatic carbocycles. The molecule has 9 aromatic rings. The van der Waals surface area contributed by atoms with Crippen LogP contribution in [0.1, 0.15) is 175 Å². The Balaban J connectivity index is 0.000000350. The Hall–Kier alpha value is -8.89. The van der Waals surface area contributed by atoms with Gasteiger partial charge < -0.3 is 101 Å². The minimum atomic E-state index is -1.82. The number of amides is 9. The molecule has 146 heavy (non-hydrogen) atoms. The maximum Gasteiger partial charge on any atom is 1.00 e. The van der Waals surface area contributed by atoms with Gasteiger partial charge in [0.1, 0.15) is 25.3 Å². The van der Waals surface area contributed by atoms with E-state index in [1.807, 2.05) is 113 Å². The van der Waals surface area contributed by atoms with Crippen LogP contribution < -0.4 is 94.1 Å². The van der Waals surface area contributed by atoms with Crippen molar-refractivity contribution in [3.05, 3.63) is 225 Å². The predicted octanol–water partition coefficient (Wildman–Crippen LogP) is 9.84. The maximum atomic E-state index is 14.2. The molecule has 0 spiro atoms. The van der Waals surface area contributed by atoms with Crippen LogP contribution in [-0.2, 0) is 111 Å². The van der Waals surface area contributed by atoms with Gasteiger partial charge in [0.05, 0.1) is 131 Å². The summed E-state index contributed by atoms with van der Waals surface area (Å²) in [5.74, 6) is -4.53. The Kier molecular flexibility index (Phi) is 62.7. The topological polar surface area (TPSA) is 472 Å². The fourth-order valence-electron chi connectivity index (χ4n) is 14.9. The number of esters is 1. The molecule has 7 atom stereocenters. The summed E-state index contributed by atoms with van der Waals surface area (Å²) in [6.07, 6.45) is 9.29. The van der Waals surface area contributed by atoms with E-state index in [1.165, 1.54) is 38.7 Å². The third-order valence-electron chi connectivity index (χ3n) is 22.9. The van der Waals surface area contributed by atoms with Crippen molar-refractivity contribution in [1.29, 1.82) is 0 Å². The second-order valence-electron chi connectivity index (χ2n) is 35.6. The Bertz CT molecular complexity index is 5190. The number of carboxylic acid groups (broad SMARTS) is 3. The Morgan fingerprint density at radius 3 is 1.05 bits per heavy atom. The SMILES string of the molecule is CC(C)c1nc(CN(C)C(=O)N[C@@H](CCN2CCOCC2)C(=O)N[C@H](CC[C@H](Cc2ccccc2)NC(=O)OCc2cncs2)Cc2ccccc2)cs1.CC(C)c1nc(CN(C)C(=O)N[C@@H](CCN2CCOCC2)C(=O)[O-])cs1.CCOC(=O)[C@H](CCN1CCOCC1)NC(=O)N(C)Cc1csc(C(C)C)n1.Cl.I.N[C@H](CC[C@H](Cc1ccccc1)NC(=O)OCc1cncs1)Cc1ccccc1.O=C(O)C(=O)O.[K+]. The van der Waals surface area contributed by atoms with Crippen LogP contribution in [0.25, 0.3) is 0 Å². The van der Waals surface area contributed by atoms with E-state index < -0.39 is 60.2 Å². The number of urea groups is 3. The molecule has 37 nitrogen and oxygen atoms in total. The van der Waals surface area contributed by atoms with Gasteiger partial charge >= 0.3 is 99.6 Å². The molecule has 3 aliphatic rings. The number of benzene rings is 4. The smallest absolute Gasteiger partial charge is 0.548 e. The van der Waals surface area contributed by atoms with Crippen molar-refractivity contribution < 1.29 is 143 Å². The van der Waals surface area contributed by atoms with Gasteiger partial charge in [-0.3, -0.25) is 29.5 Å². The quantitative estimate of drug-likeness (QED) is 0.00563. The number of ether oxygens (including phenoxy) is 6. The van der Waals surface area contributed by atoms with E-state index in [0.29, 0.717) is 142 Å². The van der Waals surface area contributed by atoms with E-state index in [0.717, 1.165) is 118 Å². The molecule has 5 aromatic heterocycles. The van der Waals surface area contributed by atoms with Gasteiger partial charge in [-0.1, -0.05) is 163 Å². The fourth-order valence-corrected chi connectivity index (χ4v) is 18.4. The number of morpholine rings is 3. The second-order valence-corrected chi connectivity index (χ2v) is 40.2. The minimum absolute atomic E-state index is 0. The zero-order chi connectivity index (χ0) is 103. The third-order valence-corrected chi connectivity index (χ3v) is 28.0. The number of alkyl carbamates (subject to hydrolysis) is 2. The molecule has 796 valence electrons. The van der Waals surface area contributed by atoms with Crippen LogP contribution in [0.4, 0.5) is 24.0 Å². The van der Waals surface area contributed by atoms with Crippen molar-refractivity contribution in [2.24, 2.45) is 5.73 Å². The van der Waals surface area contributed by atoms with Gasteiger partial charge in [0, 0.05) is 151 Å². The zero-order valence-corrected chi connectivity index (χ0v) is 95.5. The van der Waals surface area contributed by atoms with E-state index >= 15 is 0 Å². The number of nitrogens with one attached hydrogen (secondary N) is 6. The molecule has 0 unspecified atom stereocenters. The molecule has 0 radical (unpaired) electrons. The normalized spacial score (nSPS) is 14.4. The van der Waals surface area contributed by atoms with Crippen LogP contribution in [-0.4, -0.2) is 293 Å². The van der Waals surface area contributed by atoms with Gasteiger partial charge in [0.25, 0.3) is 0 Å². The third kappa shape index (κ3) is 51.1. The number of thiazole rings is 5. The Morgan fingerprint density at radius 2 is 0.740 bits per heavy atom. The van der Waals surface area contributed by atoms with E-state index in [2.05, 4.69) is 137 Å². The summed E-state index contributed by atoms with van der Waals surface area (Å²) in [5.41, 5.74) is 16.8. The number of hydrogen-bond acceptors (Lipinski definition) is 31. The van der Waals surface area contributed by atoms with Crippen LogP contribution >= 0.6 is 93.1 Å². The number of rotatable bonds is 46. The van der Waals surface area contributed by atoms with Gasteiger partial charge in [0.2, 0.25) is 5.91 Å². The Morgan fingerprint density at radius 1 is 0.432 bits per heavy atom. The zero-order valence-electron chi connectivity index (χ0n) is 85.2. The first-order valence-corrected chi connectivity index (χ1v) is 52.7. The summed E-state index contributed by atoms with van der Waals surface area (Å²) >= 11 is 7.66. The molecule has 45 heteroatoms. The number of carbonyl (C=O) groups excluding carboxylic acids is 8. The summed E-state index contributed by atoms with van der Waals surface area (Å²) < 4.78 is 32.2. The monoisotopic (exact) mass is 2270 g/mol. The number of carbonyl (C=O) groups is 10. The Labute approximate surface area is 942 Å². The number of halogens is 2. The summed E-state index contributed by atoms with van der Waals surface area (Å²) in [5, 5.41) is 52.9. The average Bonchev–Trinajstić information content (AvgIpc) is 1.73. The molecule has 3 saturated heterocycles. The molecule has 3 aliphatic heterocycles. The van der Waals surface area contributed by atoms with Gasteiger partial charge in [0.15, 0.2) is 0 Å². The van der Waals surface area contributed by atoms with Crippen molar-refractivity contribution in [1.82, 2.24) is 86.2 Å². The van der Waals surface area contributed by atoms with Crippen LogP contribution in [0.3, 0.4) is 0 Å². The van der Waals surface area contributed by atoms with E-state index in [4.69, 9.17) is 54.0 Å². The second kappa shape index (κ2) is 71.7. The van der Waals surface area contributed by atoms with Gasteiger partial charge in [-0.25, -0.2) is 53.3 Å². The van der Waals surface area contributed by atoms with Crippen LogP contribution in [0.15, 0.2) is 161 Å². The first kappa shape index (κ1) is 128. The number of nitrogens with zero attached hydrogens (tertiary/aromatic N) is 11. The molecule has 3 fully saturated rings. The molecule has 8 heterocycles. The van der Waals surface area contributed by atoms with Crippen molar-refractivity contribution in [3.63, 3.8) is 0 Å². The first-order valence-electron chi connectivity index (χ1n) is 48.3. The van der Waals surface area contributed by atoms with Crippen LogP contribution in [0, 0.1) is 0 Å². The largest absolute Gasteiger partial charge is 1.00 e. The van der Waals surface area contributed by atoms with E-state index in [1.54, 1.807) is 95.3 Å². The van der Waals surface area contributed by atoms with E-state index in [9.17, 15) is 43.5 Å². The maximum absolute atomic E-state index is 14.2. The molecule has 0 saturated carbocycles. The molecule has 9 amide bonds. The van der Waals surface area contributed by atoms with E-state index in [-0.39, 0.29) is 150 Å². The number of nitrogens with two attached hydrogens (primary N) is 1. The van der Waals surface area contributed by atoms with Gasteiger partial charge in [-0.2, -0.15) is 0 Å². The summed E-state index contributed by atoms with van der Waals surface area (Å²) in [4.78, 5) is 155. The van der Waals surface area contributed by atoms with Crippen LogP contribution in [0.5, 0.6) is 0 Å². The van der Waals surface area contributed by atoms with Gasteiger partial charge in [-0.15, -0.1) is 93.1 Å². The van der Waals surface area contributed by atoms with Crippen molar-refractivity contribution >= 4 is 153 Å². The molecule has 0 bridgehead atoms. The molecule has 10 N–H and O–H groups in total. The fraction of sp³-hybridized carbons (Fsp3) is 0.515. The molecular weight excluding hydrogens is 2130 g/mol. The average molecular weight is 2280 g/mol. The summed E-state index contributed by atoms with van der Waals surface area (Å²) in [6, 6.07) is 36.4. The number of carboxylic acids is 3. The standard InChI is InChI=1S/C40H53N7O5S2.C23H27N3O2S.C19H32N4O4S.C17H28N4O4S.C2H2O4.ClH.HI.K/c1-29(2)38-43-34(27-53-38)25-46(3)39(49)45-36(16-17-47-18-20-51-21-19-47)37(48)42-32(22-30-10-6-4-7-11-30)14-15-33(23-31-12-8-5-9-13-31)44-40(50)52-26-35-24-41-28-54-35;24-20(13-18-7-3-1-4-8-18)11-12-21(14-19-9-5-2-6-10-19)26-23(27)28-16-22-15-25-17-29-22;1-5-27-18(24)16(6-7-23-8-10-26-11-9-23)21-19(25)22(4)12-15-13-28-17(20-15)14(2)3;1-12(2)15-18-13(11-26-15)10-20(3)17(24)19-14(16(22)23)4-5-21-6-8-25-9-7-21;3-1(4)2(5)6;;;/h4-13,24,27-29,32-33,36H,14-23,25-26H2,1-3H3,(H,42,48)(H,44,50)(H,45,49);1-10,15,17,20-21H,11-14,16,24H2,(H,26,27);13-14,16H,5-12H2,1-4H3,(H,21,25);11-12,14H,4-10H2,1-3H3,(H,19,24)(H,22,23);(H,3,4)(H,5,6);2*1H;/q;;;;;;;+1/p-1/t32-,33-,36+;20-,21-;16-;14-;;;;/m1100..../s1. The van der Waals surface area contributed by atoms with Crippen LogP contribution in [0.2, 0.25) is 0 Å².